The predicted molar refractivity (Wildman–Crippen MR) is 72.8 cm³/mol. The van der Waals surface area contributed by atoms with Crippen molar-refractivity contribution >= 4 is 21.4 Å². The van der Waals surface area contributed by atoms with Gasteiger partial charge in [-0.15, -0.1) is 0 Å². The van der Waals surface area contributed by atoms with E-state index in [0.29, 0.717) is 5.56 Å². The van der Waals surface area contributed by atoms with Crippen LogP contribution in [0.25, 0.3) is 0 Å². The van der Waals surface area contributed by atoms with E-state index in [-0.39, 0.29) is 11.4 Å². The Kier molecular flexibility index (Phi) is 3.59. The van der Waals surface area contributed by atoms with Crippen LogP contribution in [0, 0.1) is 17.1 Å². The Morgan fingerprint density at radius 1 is 1.15 bits per heavy atom. The second-order valence-electron chi connectivity index (χ2n) is 3.98. The molecule has 0 heterocycles. The first-order valence-electron chi connectivity index (χ1n) is 5.50. The highest BCUT2D eigenvalue weighted by molar-refractivity contribution is 7.92. The molecule has 0 fully saturated rings. The molecule has 102 valence electrons. The number of benzene rings is 2. The molecule has 3 N–H and O–H groups in total. The van der Waals surface area contributed by atoms with Crippen molar-refractivity contribution in [1.29, 1.82) is 5.26 Å². The number of nitrogens with two attached hydrogens (primary N) is 1. The Labute approximate surface area is 115 Å². The van der Waals surface area contributed by atoms with Crippen molar-refractivity contribution in [1.82, 2.24) is 0 Å². The lowest BCUT2D eigenvalue weighted by Gasteiger charge is -2.09. The lowest BCUT2D eigenvalue weighted by molar-refractivity contribution is 0.571. The van der Waals surface area contributed by atoms with Gasteiger partial charge in [-0.1, -0.05) is 0 Å². The predicted octanol–water partition coefficient (Wildman–Crippen LogP) is 2.08. The maximum Gasteiger partial charge on any atom is 0.264 e. The summed E-state index contributed by atoms with van der Waals surface area (Å²) >= 11 is 0. The molecule has 20 heavy (non-hydrogen) atoms. The van der Waals surface area contributed by atoms with Crippen LogP contribution in [0.3, 0.4) is 0 Å². The van der Waals surface area contributed by atoms with Crippen molar-refractivity contribution in [3.8, 4) is 6.07 Å². The Hall–Kier alpha value is -2.59. The van der Waals surface area contributed by atoms with Gasteiger partial charge in [0.2, 0.25) is 0 Å². The quantitative estimate of drug-likeness (QED) is 0.846. The molecular weight excluding hydrogens is 281 g/mol. The number of nitrogen functional groups attached to an aromatic ring is 1. The van der Waals surface area contributed by atoms with E-state index in [2.05, 4.69) is 4.72 Å². The fourth-order valence-corrected chi connectivity index (χ4v) is 2.68. The molecule has 0 radical (unpaired) electrons. The largest absolute Gasteiger partial charge is 0.399 e. The third-order valence-corrected chi connectivity index (χ3v) is 3.93. The van der Waals surface area contributed by atoms with E-state index in [1.165, 1.54) is 30.3 Å². The van der Waals surface area contributed by atoms with Gasteiger partial charge in [-0.05, 0) is 42.5 Å². The standard InChI is InChI=1S/C13H10FN3O2S/c14-12-7-10(16)3-6-13(12)20(18,19)17-11-4-1-9(8-15)2-5-11/h1-7,17H,16H2. The summed E-state index contributed by atoms with van der Waals surface area (Å²) in [5.74, 6) is -0.925. The minimum absolute atomic E-state index is 0.139. The lowest BCUT2D eigenvalue weighted by Crippen LogP contribution is -2.14. The maximum atomic E-state index is 13.6. The van der Waals surface area contributed by atoms with Crippen LogP contribution < -0.4 is 10.5 Å². The number of hydrogen-bond acceptors (Lipinski definition) is 4. The second-order valence-corrected chi connectivity index (χ2v) is 5.64. The van der Waals surface area contributed by atoms with Crippen LogP contribution in [0.1, 0.15) is 5.56 Å². The number of hydrogen-bond donors (Lipinski definition) is 2. The molecule has 0 atom stereocenters. The molecule has 2 aromatic rings. The average molecular weight is 291 g/mol. The number of nitriles is 1. The minimum atomic E-state index is -4.04. The first kappa shape index (κ1) is 13.8. The van der Waals surface area contributed by atoms with Crippen LogP contribution in [0.15, 0.2) is 47.4 Å². The Morgan fingerprint density at radius 2 is 1.80 bits per heavy atom. The van der Waals surface area contributed by atoms with E-state index < -0.39 is 20.7 Å². The van der Waals surface area contributed by atoms with Gasteiger partial charge in [-0.3, -0.25) is 4.72 Å². The van der Waals surface area contributed by atoms with Crippen LogP contribution in [-0.4, -0.2) is 8.42 Å². The Balaban J connectivity index is 2.33. The van der Waals surface area contributed by atoms with Gasteiger partial charge >= 0.3 is 0 Å². The van der Waals surface area contributed by atoms with Crippen LogP contribution in [-0.2, 0) is 10.0 Å². The van der Waals surface area contributed by atoms with Crippen molar-refractivity contribution in [2.24, 2.45) is 0 Å². The summed E-state index contributed by atoms with van der Waals surface area (Å²) in [4.78, 5) is -0.490. The fourth-order valence-electron chi connectivity index (χ4n) is 1.56. The summed E-state index contributed by atoms with van der Waals surface area (Å²) in [6.45, 7) is 0. The molecule has 7 heteroatoms. The molecule has 0 aromatic heterocycles. The molecule has 0 amide bonds. The molecular formula is C13H10FN3O2S. The van der Waals surface area contributed by atoms with Gasteiger partial charge in [-0.25, -0.2) is 12.8 Å². The van der Waals surface area contributed by atoms with Gasteiger partial charge in [0, 0.05) is 11.4 Å². The van der Waals surface area contributed by atoms with E-state index in [0.717, 1.165) is 12.1 Å². The molecule has 0 bridgehead atoms. The maximum absolute atomic E-state index is 13.6. The second kappa shape index (κ2) is 5.19. The topological polar surface area (TPSA) is 96.0 Å². The molecule has 0 saturated carbocycles. The van der Waals surface area contributed by atoms with E-state index in [9.17, 15) is 12.8 Å². The first-order valence-corrected chi connectivity index (χ1v) is 6.99. The number of anilines is 2. The van der Waals surface area contributed by atoms with Crippen molar-refractivity contribution in [2.45, 2.75) is 4.90 Å². The van der Waals surface area contributed by atoms with Crippen molar-refractivity contribution in [3.05, 3.63) is 53.8 Å². The third-order valence-electron chi connectivity index (χ3n) is 2.51. The number of sulfonamides is 1. The van der Waals surface area contributed by atoms with Crippen LogP contribution >= 0.6 is 0 Å². The highest BCUT2D eigenvalue weighted by Crippen LogP contribution is 2.20. The first-order chi connectivity index (χ1) is 9.42. The van der Waals surface area contributed by atoms with E-state index in [4.69, 9.17) is 11.0 Å². The molecule has 0 aliphatic heterocycles. The molecule has 2 rings (SSSR count). The summed E-state index contributed by atoms with van der Waals surface area (Å²) in [6, 6.07) is 11.0. The van der Waals surface area contributed by atoms with Crippen molar-refractivity contribution in [2.75, 3.05) is 10.5 Å². The van der Waals surface area contributed by atoms with Crippen LogP contribution in [0.5, 0.6) is 0 Å². The lowest BCUT2D eigenvalue weighted by atomic mass is 10.2. The SMILES string of the molecule is N#Cc1ccc(NS(=O)(=O)c2ccc(N)cc2F)cc1. The van der Waals surface area contributed by atoms with Gasteiger partial charge < -0.3 is 5.73 Å². The zero-order chi connectivity index (χ0) is 14.8. The summed E-state index contributed by atoms with van der Waals surface area (Å²) in [5.41, 5.74) is 6.14. The summed E-state index contributed by atoms with van der Waals surface area (Å²) in [5, 5.41) is 8.65. The molecule has 2 aromatic carbocycles. The smallest absolute Gasteiger partial charge is 0.264 e. The molecule has 0 saturated heterocycles. The highest BCUT2D eigenvalue weighted by Gasteiger charge is 2.19. The van der Waals surface area contributed by atoms with Crippen LogP contribution in [0.2, 0.25) is 0 Å². The monoisotopic (exact) mass is 291 g/mol. The van der Waals surface area contributed by atoms with Gasteiger partial charge in [0.15, 0.2) is 0 Å². The zero-order valence-corrected chi connectivity index (χ0v) is 11.0. The molecule has 0 aliphatic rings. The average Bonchev–Trinajstić information content (AvgIpc) is 2.38. The van der Waals surface area contributed by atoms with Crippen molar-refractivity contribution in [3.63, 3.8) is 0 Å². The minimum Gasteiger partial charge on any atom is -0.399 e. The number of halogens is 1. The number of nitrogens with zero attached hydrogens (tertiary/aromatic N) is 1. The Bertz CT molecular complexity index is 780. The van der Waals surface area contributed by atoms with E-state index in [1.807, 2.05) is 6.07 Å². The third kappa shape index (κ3) is 2.87. The molecule has 0 spiro atoms. The highest BCUT2D eigenvalue weighted by atomic mass is 32.2. The van der Waals surface area contributed by atoms with Gasteiger partial charge in [0.05, 0.1) is 11.6 Å². The summed E-state index contributed by atoms with van der Waals surface area (Å²) < 4.78 is 39.9. The van der Waals surface area contributed by atoms with E-state index >= 15 is 0 Å². The fraction of sp³-hybridized carbons (Fsp3) is 0. The normalized spacial score (nSPS) is 10.8. The van der Waals surface area contributed by atoms with Gasteiger partial charge in [-0.2, -0.15) is 5.26 Å². The molecule has 0 aliphatic carbocycles. The Morgan fingerprint density at radius 3 is 2.35 bits per heavy atom. The van der Waals surface area contributed by atoms with Gasteiger partial charge in [0.25, 0.3) is 10.0 Å². The number of rotatable bonds is 3. The van der Waals surface area contributed by atoms with Crippen molar-refractivity contribution < 1.29 is 12.8 Å². The van der Waals surface area contributed by atoms with Crippen LogP contribution in [0.4, 0.5) is 15.8 Å². The molecule has 5 nitrogen and oxygen atoms in total. The summed E-state index contributed by atoms with van der Waals surface area (Å²) in [7, 11) is -4.04. The number of nitrogens with one attached hydrogen (secondary N) is 1. The van der Waals surface area contributed by atoms with Gasteiger partial charge in [0.1, 0.15) is 10.7 Å². The molecule has 0 unspecified atom stereocenters. The summed E-state index contributed by atoms with van der Waals surface area (Å²) in [6.07, 6.45) is 0. The zero-order valence-electron chi connectivity index (χ0n) is 10.2. The van der Waals surface area contributed by atoms with E-state index in [1.54, 1.807) is 0 Å².